The van der Waals surface area contributed by atoms with Gasteiger partial charge in [-0.3, -0.25) is 9.69 Å². The lowest BCUT2D eigenvalue weighted by Crippen LogP contribution is -2.59. The molecule has 0 aromatic heterocycles. The van der Waals surface area contributed by atoms with Crippen molar-refractivity contribution >= 4 is 15.8 Å². The van der Waals surface area contributed by atoms with Crippen molar-refractivity contribution in [3.63, 3.8) is 0 Å². The first-order valence-corrected chi connectivity index (χ1v) is 13.3. The van der Waals surface area contributed by atoms with Crippen molar-refractivity contribution in [2.75, 3.05) is 13.1 Å². The van der Waals surface area contributed by atoms with E-state index in [0.717, 1.165) is 31.5 Å². The van der Waals surface area contributed by atoms with E-state index in [1.807, 2.05) is 67.6 Å². The zero-order chi connectivity index (χ0) is 24.2. The maximum atomic E-state index is 13.5. The Bertz CT molecular complexity index is 1210. The molecule has 1 N–H and O–H groups in total. The van der Waals surface area contributed by atoms with Crippen molar-refractivity contribution < 1.29 is 13.2 Å². The molecule has 1 heterocycles. The summed E-state index contributed by atoms with van der Waals surface area (Å²) in [6, 6.07) is 26.3. The van der Waals surface area contributed by atoms with Crippen LogP contribution in [0.15, 0.2) is 89.8 Å². The van der Waals surface area contributed by atoms with Gasteiger partial charge in [0.1, 0.15) is 5.66 Å². The molecule has 1 aliphatic rings. The highest BCUT2D eigenvalue weighted by Crippen LogP contribution is 2.37. The molecule has 6 heteroatoms. The van der Waals surface area contributed by atoms with Crippen LogP contribution in [0.5, 0.6) is 0 Å². The second-order valence-corrected chi connectivity index (χ2v) is 10.6. The second-order valence-electron chi connectivity index (χ2n) is 8.96. The van der Waals surface area contributed by atoms with E-state index in [4.69, 9.17) is 0 Å². The van der Waals surface area contributed by atoms with E-state index in [0.29, 0.717) is 12.0 Å². The van der Waals surface area contributed by atoms with Gasteiger partial charge in [-0.25, -0.2) is 8.42 Å². The Kier molecular flexibility index (Phi) is 7.31. The van der Waals surface area contributed by atoms with Gasteiger partial charge in [0, 0.05) is 18.7 Å². The van der Waals surface area contributed by atoms with Gasteiger partial charge in [0.15, 0.2) is 5.78 Å². The number of hydrogen-bond donors (Lipinski definition) is 1. The number of ketones is 1. The molecule has 5 nitrogen and oxygen atoms in total. The highest BCUT2D eigenvalue weighted by atomic mass is 32.2. The summed E-state index contributed by atoms with van der Waals surface area (Å²) in [6.07, 6.45) is 2.57. The van der Waals surface area contributed by atoms with Crippen molar-refractivity contribution in [3.05, 3.63) is 102 Å². The Balaban J connectivity index is 1.71. The van der Waals surface area contributed by atoms with Crippen LogP contribution in [0.3, 0.4) is 0 Å². The fourth-order valence-corrected chi connectivity index (χ4v) is 6.46. The van der Waals surface area contributed by atoms with Gasteiger partial charge in [0.25, 0.3) is 0 Å². The maximum Gasteiger partial charge on any atom is 0.242 e. The molecule has 34 heavy (non-hydrogen) atoms. The molecule has 0 radical (unpaired) electrons. The van der Waals surface area contributed by atoms with Crippen LogP contribution in [-0.2, 0) is 15.7 Å². The Hall–Kier alpha value is -2.80. The smallest absolute Gasteiger partial charge is 0.242 e. The molecule has 3 aromatic carbocycles. The lowest BCUT2D eigenvalue weighted by atomic mass is 9.86. The fraction of sp³-hybridized carbons (Fsp3) is 0.321. The van der Waals surface area contributed by atoms with Gasteiger partial charge in [-0.15, -0.1) is 0 Å². The summed E-state index contributed by atoms with van der Waals surface area (Å²) in [5.41, 5.74) is 1.95. The van der Waals surface area contributed by atoms with Crippen LogP contribution in [0.1, 0.15) is 60.5 Å². The van der Waals surface area contributed by atoms with E-state index in [1.165, 1.54) is 5.56 Å². The molecule has 0 amide bonds. The predicted octanol–water partition coefficient (Wildman–Crippen LogP) is 5.31. The van der Waals surface area contributed by atoms with Crippen LogP contribution in [0.25, 0.3) is 0 Å². The predicted molar refractivity (Wildman–Crippen MR) is 135 cm³/mol. The summed E-state index contributed by atoms with van der Waals surface area (Å²) in [6.45, 7) is 5.12. The maximum absolute atomic E-state index is 13.5. The number of rotatable bonds is 8. The molecule has 1 saturated heterocycles. The molecular formula is C28H32N2O3S. The monoisotopic (exact) mass is 476 g/mol. The van der Waals surface area contributed by atoms with Crippen molar-refractivity contribution in [1.82, 2.24) is 9.62 Å². The van der Waals surface area contributed by atoms with Crippen LogP contribution < -0.4 is 4.72 Å². The molecule has 0 aliphatic carbocycles. The molecule has 1 fully saturated rings. The van der Waals surface area contributed by atoms with Crippen molar-refractivity contribution in [2.24, 2.45) is 0 Å². The summed E-state index contributed by atoms with van der Waals surface area (Å²) < 4.78 is 30.1. The Morgan fingerprint density at radius 1 is 0.971 bits per heavy atom. The zero-order valence-electron chi connectivity index (χ0n) is 19.8. The van der Waals surface area contributed by atoms with Crippen LogP contribution in [-0.4, -0.2) is 32.2 Å². The number of likely N-dealkylation sites (tertiary alicyclic amines) is 1. The molecule has 2 unspecified atom stereocenters. The van der Waals surface area contributed by atoms with Gasteiger partial charge in [-0.05, 0) is 55.4 Å². The Morgan fingerprint density at radius 3 is 2.18 bits per heavy atom. The number of piperidine rings is 1. The first kappa shape index (κ1) is 24.3. The number of nitrogens with one attached hydrogen (secondary N) is 1. The first-order chi connectivity index (χ1) is 16.4. The number of carbonyl (C=O) groups excluding carboxylic acids is 1. The summed E-state index contributed by atoms with van der Waals surface area (Å²) in [5.74, 6) is 0.312. The quantitative estimate of drug-likeness (QED) is 0.448. The summed E-state index contributed by atoms with van der Waals surface area (Å²) >= 11 is 0. The lowest BCUT2D eigenvalue weighted by molar-refractivity contribution is 0.0406. The number of benzene rings is 3. The second kappa shape index (κ2) is 10.2. The molecule has 3 aromatic rings. The van der Waals surface area contributed by atoms with Gasteiger partial charge in [0.2, 0.25) is 10.0 Å². The largest absolute Gasteiger partial charge is 0.295 e. The van der Waals surface area contributed by atoms with Gasteiger partial charge in [-0.2, -0.15) is 4.72 Å². The standard InChI is InChI=1S/C28H32N2O3S/c1-3-28(26-12-6-4-7-13-26,29-34(32,33)27-14-8-5-9-15-27)30-20-10-11-25(21-30)24-18-16-23(17-19-24)22(2)31/h4-9,12-19,25,29H,3,10-11,20-21H2,1-2H3. The van der Waals surface area contributed by atoms with E-state index >= 15 is 0 Å². The van der Waals surface area contributed by atoms with E-state index < -0.39 is 15.7 Å². The van der Waals surface area contributed by atoms with E-state index in [2.05, 4.69) is 9.62 Å². The highest BCUT2D eigenvalue weighted by Gasteiger charge is 2.42. The third-order valence-electron chi connectivity index (χ3n) is 6.87. The van der Waals surface area contributed by atoms with Crippen molar-refractivity contribution in [2.45, 2.75) is 49.6 Å². The van der Waals surface area contributed by atoms with Crippen LogP contribution in [0.2, 0.25) is 0 Å². The van der Waals surface area contributed by atoms with Gasteiger partial charge in [-0.1, -0.05) is 79.7 Å². The minimum Gasteiger partial charge on any atom is -0.295 e. The van der Waals surface area contributed by atoms with Gasteiger partial charge >= 0.3 is 0 Å². The third-order valence-corrected chi connectivity index (χ3v) is 8.37. The average molecular weight is 477 g/mol. The van der Waals surface area contributed by atoms with Gasteiger partial charge in [0.05, 0.1) is 4.90 Å². The Morgan fingerprint density at radius 2 is 1.59 bits per heavy atom. The zero-order valence-corrected chi connectivity index (χ0v) is 20.6. The van der Waals surface area contributed by atoms with Crippen LogP contribution in [0.4, 0.5) is 0 Å². The van der Waals surface area contributed by atoms with Gasteiger partial charge < -0.3 is 0 Å². The highest BCUT2D eigenvalue weighted by molar-refractivity contribution is 7.89. The molecule has 4 rings (SSSR count). The van der Waals surface area contributed by atoms with E-state index in [1.54, 1.807) is 31.2 Å². The normalized spacial score (nSPS) is 18.8. The minimum atomic E-state index is -3.75. The topological polar surface area (TPSA) is 66.5 Å². The number of carbonyl (C=O) groups is 1. The average Bonchev–Trinajstić information content (AvgIpc) is 2.88. The summed E-state index contributed by atoms with van der Waals surface area (Å²) in [4.78, 5) is 14.2. The molecule has 0 saturated carbocycles. The van der Waals surface area contributed by atoms with Crippen molar-refractivity contribution in [1.29, 1.82) is 0 Å². The summed E-state index contributed by atoms with van der Waals surface area (Å²) in [7, 11) is -3.75. The molecule has 0 bridgehead atoms. The van der Waals surface area contributed by atoms with E-state index in [-0.39, 0.29) is 16.6 Å². The third kappa shape index (κ3) is 4.99. The lowest BCUT2D eigenvalue weighted by Gasteiger charge is -2.48. The molecule has 2 atom stereocenters. The first-order valence-electron chi connectivity index (χ1n) is 11.9. The number of nitrogens with zero attached hydrogens (tertiary/aromatic N) is 1. The van der Waals surface area contributed by atoms with Crippen LogP contribution in [0, 0.1) is 0 Å². The molecule has 178 valence electrons. The van der Waals surface area contributed by atoms with Crippen molar-refractivity contribution in [3.8, 4) is 0 Å². The molecule has 1 aliphatic heterocycles. The Labute approximate surface area is 202 Å². The summed E-state index contributed by atoms with van der Waals surface area (Å²) in [5, 5.41) is 0. The molecule has 0 spiro atoms. The van der Waals surface area contributed by atoms with Crippen LogP contribution >= 0.6 is 0 Å². The fourth-order valence-electron chi connectivity index (χ4n) is 4.99. The van der Waals surface area contributed by atoms with E-state index in [9.17, 15) is 13.2 Å². The number of hydrogen-bond acceptors (Lipinski definition) is 4. The number of Topliss-reactive ketones (excluding diaryl/α,β-unsaturated/α-hetero) is 1. The number of sulfonamides is 1. The molecular weight excluding hydrogens is 444 g/mol. The minimum absolute atomic E-state index is 0.0567. The SMILES string of the molecule is CCC(NS(=O)(=O)c1ccccc1)(c1ccccc1)N1CCCC(c2ccc(C(C)=O)cc2)C1.